The van der Waals surface area contributed by atoms with Crippen LogP contribution in [0.1, 0.15) is 24.7 Å². The minimum absolute atomic E-state index is 0.224. The first-order valence-electron chi connectivity index (χ1n) is 6.27. The van der Waals surface area contributed by atoms with E-state index < -0.39 is 0 Å². The fourth-order valence-electron chi connectivity index (χ4n) is 1.94. The topological polar surface area (TPSA) is 90.5 Å². The molecule has 98 valence electrons. The largest absolute Gasteiger partial charge is 0.399 e. The Balaban J connectivity index is 2.12. The smallest absolute Gasteiger partial charge is 0.108 e. The van der Waals surface area contributed by atoms with Crippen LogP contribution in [0.4, 0.5) is 11.4 Å². The number of hydrogen-bond donors (Lipinski definition) is 3. The molecule has 5 nitrogen and oxygen atoms in total. The summed E-state index contributed by atoms with van der Waals surface area (Å²) in [6.45, 7) is 2.10. The van der Waals surface area contributed by atoms with E-state index >= 15 is 0 Å². The Morgan fingerprint density at radius 1 is 1.53 bits per heavy atom. The van der Waals surface area contributed by atoms with Crippen molar-refractivity contribution in [2.24, 2.45) is 0 Å². The van der Waals surface area contributed by atoms with Gasteiger partial charge in [-0.1, -0.05) is 6.92 Å². The summed E-state index contributed by atoms with van der Waals surface area (Å²) < 4.78 is 0. The number of H-pyrrole nitrogens is 1. The normalized spacial score (nSPS) is 11.8. The number of anilines is 2. The summed E-state index contributed by atoms with van der Waals surface area (Å²) >= 11 is 0. The predicted octanol–water partition coefficient (Wildman–Crippen LogP) is 2.30. The van der Waals surface area contributed by atoms with E-state index in [0.29, 0.717) is 11.3 Å². The molecule has 0 saturated heterocycles. The van der Waals surface area contributed by atoms with Crippen molar-refractivity contribution >= 4 is 11.4 Å². The first-order valence-corrected chi connectivity index (χ1v) is 6.27. The van der Waals surface area contributed by atoms with E-state index in [1.165, 1.54) is 0 Å². The molecule has 1 atom stereocenters. The Hall–Kier alpha value is -2.48. The number of nitrogens with zero attached hydrogens (tertiary/aromatic N) is 2. The third kappa shape index (κ3) is 3.26. The maximum atomic E-state index is 9.12. The lowest BCUT2D eigenvalue weighted by Crippen LogP contribution is -2.22. The highest BCUT2D eigenvalue weighted by Crippen LogP contribution is 2.20. The van der Waals surface area contributed by atoms with Crippen molar-refractivity contribution in [1.29, 1.82) is 5.26 Å². The van der Waals surface area contributed by atoms with E-state index in [1.807, 2.05) is 12.3 Å². The highest BCUT2D eigenvalue weighted by atomic mass is 14.9. The van der Waals surface area contributed by atoms with Crippen LogP contribution in [0, 0.1) is 11.3 Å². The van der Waals surface area contributed by atoms with Crippen LogP contribution in [0.2, 0.25) is 0 Å². The number of aromatic nitrogens is 2. The van der Waals surface area contributed by atoms with Crippen LogP contribution in [0.15, 0.2) is 30.6 Å². The minimum Gasteiger partial charge on any atom is -0.399 e. The number of rotatable bonds is 5. The molecule has 0 radical (unpaired) electrons. The maximum Gasteiger partial charge on any atom is 0.108 e. The number of imidazole rings is 1. The third-order valence-electron chi connectivity index (χ3n) is 3.01. The number of nitrogens with one attached hydrogen (secondary N) is 2. The van der Waals surface area contributed by atoms with E-state index in [2.05, 4.69) is 28.3 Å². The summed E-state index contributed by atoms with van der Waals surface area (Å²) in [5.41, 5.74) is 7.66. The van der Waals surface area contributed by atoms with E-state index in [0.717, 1.165) is 24.4 Å². The molecule has 0 spiro atoms. The van der Waals surface area contributed by atoms with Gasteiger partial charge in [-0.3, -0.25) is 0 Å². The number of hydrogen-bond acceptors (Lipinski definition) is 4. The Morgan fingerprint density at radius 3 is 3.00 bits per heavy atom. The molecule has 1 aromatic heterocycles. The molecule has 1 aromatic carbocycles. The van der Waals surface area contributed by atoms with Gasteiger partial charge < -0.3 is 16.0 Å². The van der Waals surface area contributed by atoms with Gasteiger partial charge in [0.1, 0.15) is 11.9 Å². The zero-order valence-corrected chi connectivity index (χ0v) is 10.9. The van der Waals surface area contributed by atoms with Crippen molar-refractivity contribution in [3.05, 3.63) is 42.0 Å². The van der Waals surface area contributed by atoms with Crippen LogP contribution in [0.25, 0.3) is 0 Å². The molecule has 1 heterocycles. The molecule has 4 N–H and O–H groups in total. The highest BCUT2D eigenvalue weighted by Gasteiger charge is 2.11. The van der Waals surface area contributed by atoms with Crippen molar-refractivity contribution in [3.63, 3.8) is 0 Å². The van der Waals surface area contributed by atoms with Gasteiger partial charge in [0.15, 0.2) is 0 Å². The second-order valence-electron chi connectivity index (χ2n) is 4.41. The lowest BCUT2D eigenvalue weighted by molar-refractivity contribution is 0.669. The van der Waals surface area contributed by atoms with Gasteiger partial charge in [0.25, 0.3) is 0 Å². The second kappa shape index (κ2) is 5.91. The molecule has 0 amide bonds. The van der Waals surface area contributed by atoms with Crippen LogP contribution in [0.3, 0.4) is 0 Å². The number of nitriles is 1. The molecule has 5 heteroatoms. The summed E-state index contributed by atoms with van der Waals surface area (Å²) in [4.78, 5) is 7.31. The number of nitrogens with two attached hydrogens (primary N) is 1. The first kappa shape index (κ1) is 13.0. The first-order chi connectivity index (χ1) is 9.22. The summed E-state index contributed by atoms with van der Waals surface area (Å²) in [6.07, 6.45) is 5.28. The molecular weight excluding hydrogens is 238 g/mol. The maximum absolute atomic E-state index is 9.12. The number of aromatic amines is 1. The van der Waals surface area contributed by atoms with E-state index in [4.69, 9.17) is 11.0 Å². The molecular formula is C14H17N5. The predicted molar refractivity (Wildman–Crippen MR) is 75.6 cm³/mol. The fourth-order valence-corrected chi connectivity index (χ4v) is 1.94. The summed E-state index contributed by atoms with van der Waals surface area (Å²) in [6, 6.07) is 7.71. The molecule has 0 aliphatic carbocycles. The molecule has 1 unspecified atom stereocenters. The lowest BCUT2D eigenvalue weighted by atomic mass is 10.1. The third-order valence-corrected chi connectivity index (χ3v) is 3.01. The van der Waals surface area contributed by atoms with Gasteiger partial charge in [-0.05, 0) is 24.6 Å². The minimum atomic E-state index is 0.224. The van der Waals surface area contributed by atoms with Crippen LogP contribution in [0.5, 0.6) is 0 Å². The Labute approximate surface area is 112 Å². The fraction of sp³-hybridized carbons (Fsp3) is 0.286. The lowest BCUT2D eigenvalue weighted by Gasteiger charge is -2.18. The van der Waals surface area contributed by atoms with Crippen LogP contribution >= 0.6 is 0 Å². The summed E-state index contributed by atoms with van der Waals surface area (Å²) in [7, 11) is 0. The van der Waals surface area contributed by atoms with Crippen LogP contribution in [-0.4, -0.2) is 16.0 Å². The van der Waals surface area contributed by atoms with Gasteiger partial charge in [-0.25, -0.2) is 4.98 Å². The molecule has 0 saturated carbocycles. The molecule has 0 fully saturated rings. The van der Waals surface area contributed by atoms with Crippen LogP contribution in [-0.2, 0) is 6.42 Å². The number of benzene rings is 1. The van der Waals surface area contributed by atoms with Crippen molar-refractivity contribution in [2.75, 3.05) is 11.1 Å². The van der Waals surface area contributed by atoms with Crippen molar-refractivity contribution in [3.8, 4) is 6.07 Å². The zero-order valence-electron chi connectivity index (χ0n) is 10.9. The summed E-state index contributed by atoms with van der Waals surface area (Å²) in [5, 5.41) is 12.5. The average molecular weight is 255 g/mol. The Bertz CT molecular complexity index is 568. The van der Waals surface area contributed by atoms with Gasteiger partial charge >= 0.3 is 0 Å². The van der Waals surface area contributed by atoms with Crippen LogP contribution < -0.4 is 11.1 Å². The summed E-state index contributed by atoms with van der Waals surface area (Å²) in [5.74, 6) is 0.938. The molecule has 19 heavy (non-hydrogen) atoms. The zero-order chi connectivity index (χ0) is 13.7. The van der Waals surface area contributed by atoms with E-state index in [1.54, 1.807) is 18.3 Å². The van der Waals surface area contributed by atoms with Gasteiger partial charge in [0.2, 0.25) is 0 Å². The molecule has 0 bridgehead atoms. The molecule has 2 rings (SSSR count). The monoisotopic (exact) mass is 255 g/mol. The van der Waals surface area contributed by atoms with Gasteiger partial charge in [0, 0.05) is 30.5 Å². The van der Waals surface area contributed by atoms with Crippen molar-refractivity contribution < 1.29 is 0 Å². The second-order valence-corrected chi connectivity index (χ2v) is 4.41. The molecule has 0 aliphatic heterocycles. The number of nitrogen functional groups attached to an aromatic ring is 1. The Kier molecular flexibility index (Phi) is 4.04. The highest BCUT2D eigenvalue weighted by molar-refractivity contribution is 5.63. The SMILES string of the molecule is CCC(Cc1ncc[nH]1)Nc1ccc(N)cc1C#N. The standard InChI is InChI=1S/C14H17N5/c1-2-12(8-14-17-5-6-18-14)19-13-4-3-11(16)7-10(13)9-15/h3-7,12,19H,2,8,16H2,1H3,(H,17,18). The van der Waals surface area contributed by atoms with Gasteiger partial charge in [0.05, 0.1) is 11.3 Å². The van der Waals surface area contributed by atoms with E-state index in [-0.39, 0.29) is 6.04 Å². The van der Waals surface area contributed by atoms with E-state index in [9.17, 15) is 0 Å². The van der Waals surface area contributed by atoms with Gasteiger partial charge in [-0.15, -0.1) is 0 Å². The van der Waals surface area contributed by atoms with Crippen molar-refractivity contribution in [2.45, 2.75) is 25.8 Å². The van der Waals surface area contributed by atoms with Crippen molar-refractivity contribution in [1.82, 2.24) is 9.97 Å². The molecule has 0 aliphatic rings. The quantitative estimate of drug-likeness (QED) is 0.715. The average Bonchev–Trinajstić information content (AvgIpc) is 2.92. The van der Waals surface area contributed by atoms with Gasteiger partial charge in [-0.2, -0.15) is 5.26 Å². The Morgan fingerprint density at radius 2 is 2.37 bits per heavy atom. The molecule has 2 aromatic rings.